The van der Waals surface area contributed by atoms with Gasteiger partial charge in [-0.2, -0.15) is 0 Å². The summed E-state index contributed by atoms with van der Waals surface area (Å²) in [6.45, 7) is 2.18. The first kappa shape index (κ1) is 18.7. The highest BCUT2D eigenvalue weighted by Crippen LogP contribution is 2.38. The fraction of sp³-hybridized carbons (Fsp3) is 0.0323. The van der Waals surface area contributed by atoms with Crippen LogP contribution in [0.3, 0.4) is 0 Å². The van der Waals surface area contributed by atoms with Crippen molar-refractivity contribution in [1.29, 1.82) is 0 Å². The number of rotatable bonds is 3. The Morgan fingerprint density at radius 3 is 1.91 bits per heavy atom. The maximum absolute atomic E-state index is 2.36. The molecule has 0 radical (unpaired) electrons. The van der Waals surface area contributed by atoms with Crippen molar-refractivity contribution in [2.45, 2.75) is 6.92 Å². The molecule has 0 saturated carbocycles. The van der Waals surface area contributed by atoms with Gasteiger partial charge in [0.05, 0.1) is 11.0 Å². The monoisotopic (exact) mass is 409 g/mol. The van der Waals surface area contributed by atoms with E-state index in [1.807, 2.05) is 0 Å². The molecule has 0 bridgehead atoms. The molecule has 0 N–H and O–H groups in total. The fourth-order valence-electron chi connectivity index (χ4n) is 4.84. The third-order valence-electron chi connectivity index (χ3n) is 6.36. The highest BCUT2D eigenvalue weighted by Gasteiger charge is 2.14. The van der Waals surface area contributed by atoms with E-state index in [1.165, 1.54) is 55.3 Å². The van der Waals surface area contributed by atoms with Crippen molar-refractivity contribution in [1.82, 2.24) is 4.57 Å². The number of fused-ring (bicyclic) bond motifs is 3. The molecule has 0 aliphatic carbocycles. The predicted octanol–water partition coefficient (Wildman–Crippen LogP) is 8.43. The van der Waals surface area contributed by atoms with Gasteiger partial charge in [-0.25, -0.2) is 0 Å². The van der Waals surface area contributed by atoms with Gasteiger partial charge < -0.3 is 4.57 Å². The molecule has 1 aromatic heterocycles. The van der Waals surface area contributed by atoms with Crippen molar-refractivity contribution >= 4 is 21.8 Å². The van der Waals surface area contributed by atoms with Crippen LogP contribution in [0.5, 0.6) is 0 Å². The smallest absolute Gasteiger partial charge is 0.0541 e. The molecule has 0 aliphatic rings. The number of benzene rings is 5. The largest absolute Gasteiger partial charge is 0.309 e. The molecule has 0 fully saturated rings. The van der Waals surface area contributed by atoms with Crippen molar-refractivity contribution in [2.24, 2.45) is 0 Å². The minimum atomic E-state index is 1.19. The van der Waals surface area contributed by atoms with E-state index in [4.69, 9.17) is 0 Å². The molecule has 1 heteroatoms. The molecule has 0 spiro atoms. The van der Waals surface area contributed by atoms with Crippen LogP contribution in [0.25, 0.3) is 49.7 Å². The SMILES string of the molecule is Cc1ccccc1-c1ccccc1-c1ccc2c(c1)c1ccccc1n2-c1ccccc1. The summed E-state index contributed by atoms with van der Waals surface area (Å²) in [6.07, 6.45) is 0. The van der Waals surface area contributed by atoms with Crippen LogP contribution in [0, 0.1) is 6.92 Å². The molecule has 0 aliphatic heterocycles. The molecule has 0 saturated heterocycles. The standard InChI is InChI=1S/C31H23N/c1-22-11-5-6-14-25(22)27-16-8-7-15-26(27)23-19-20-31-29(21-23)28-17-9-10-18-30(28)32(31)24-12-3-2-4-13-24/h2-21H,1H3. The highest BCUT2D eigenvalue weighted by atomic mass is 15.0. The summed E-state index contributed by atoms with van der Waals surface area (Å²) >= 11 is 0. The van der Waals surface area contributed by atoms with Crippen LogP contribution in [0.4, 0.5) is 0 Å². The van der Waals surface area contributed by atoms with Crippen molar-refractivity contribution in [3.8, 4) is 27.9 Å². The lowest BCUT2D eigenvalue weighted by Crippen LogP contribution is -1.93. The number of aryl methyl sites for hydroxylation is 1. The topological polar surface area (TPSA) is 4.93 Å². The van der Waals surface area contributed by atoms with Gasteiger partial charge in [0, 0.05) is 16.5 Å². The van der Waals surface area contributed by atoms with Crippen LogP contribution in [-0.4, -0.2) is 4.57 Å². The molecule has 6 rings (SSSR count). The van der Waals surface area contributed by atoms with Gasteiger partial charge >= 0.3 is 0 Å². The Kier molecular flexibility index (Phi) is 4.40. The number of nitrogens with zero attached hydrogens (tertiary/aromatic N) is 1. The van der Waals surface area contributed by atoms with E-state index in [0.717, 1.165) is 0 Å². The van der Waals surface area contributed by atoms with Crippen molar-refractivity contribution in [3.63, 3.8) is 0 Å². The summed E-state index contributed by atoms with van der Waals surface area (Å²) in [5, 5.41) is 2.56. The molecule has 0 amide bonds. The third kappa shape index (κ3) is 2.94. The van der Waals surface area contributed by atoms with Crippen molar-refractivity contribution in [3.05, 3.63) is 127 Å². The Labute approximate surface area is 188 Å². The zero-order valence-corrected chi connectivity index (χ0v) is 18.0. The van der Waals surface area contributed by atoms with Crippen molar-refractivity contribution in [2.75, 3.05) is 0 Å². The van der Waals surface area contributed by atoms with E-state index in [1.54, 1.807) is 0 Å². The lowest BCUT2D eigenvalue weighted by molar-refractivity contribution is 1.18. The van der Waals surface area contributed by atoms with Gasteiger partial charge in [0.1, 0.15) is 0 Å². The normalized spacial score (nSPS) is 11.3. The van der Waals surface area contributed by atoms with Crippen LogP contribution < -0.4 is 0 Å². The molecule has 0 unspecified atom stereocenters. The Morgan fingerprint density at radius 1 is 0.469 bits per heavy atom. The summed E-state index contributed by atoms with van der Waals surface area (Å²) < 4.78 is 2.36. The van der Waals surface area contributed by atoms with E-state index in [0.29, 0.717) is 0 Å². The zero-order chi connectivity index (χ0) is 21.5. The van der Waals surface area contributed by atoms with Crippen LogP contribution in [0.15, 0.2) is 121 Å². The van der Waals surface area contributed by atoms with E-state index < -0.39 is 0 Å². The minimum Gasteiger partial charge on any atom is -0.309 e. The Hall–Kier alpha value is -4.10. The van der Waals surface area contributed by atoms with Crippen LogP contribution in [0.1, 0.15) is 5.56 Å². The molecule has 1 heterocycles. The maximum Gasteiger partial charge on any atom is 0.0541 e. The van der Waals surface area contributed by atoms with Crippen LogP contribution in [0.2, 0.25) is 0 Å². The van der Waals surface area contributed by atoms with E-state index >= 15 is 0 Å². The summed E-state index contributed by atoms with van der Waals surface area (Å²) in [7, 11) is 0. The maximum atomic E-state index is 2.36. The molecule has 5 aromatic carbocycles. The molecule has 0 atom stereocenters. The van der Waals surface area contributed by atoms with Crippen LogP contribution in [-0.2, 0) is 0 Å². The second kappa shape index (κ2) is 7.55. The summed E-state index contributed by atoms with van der Waals surface area (Å²) in [6, 6.07) is 43.5. The fourth-order valence-corrected chi connectivity index (χ4v) is 4.84. The van der Waals surface area contributed by atoms with Gasteiger partial charge in [-0.1, -0.05) is 91.0 Å². The molecule has 6 aromatic rings. The van der Waals surface area contributed by atoms with E-state index in [2.05, 4.69) is 133 Å². The van der Waals surface area contributed by atoms with Crippen LogP contribution >= 0.6 is 0 Å². The quantitative estimate of drug-likeness (QED) is 0.276. The third-order valence-corrected chi connectivity index (χ3v) is 6.36. The number of hydrogen-bond acceptors (Lipinski definition) is 0. The number of para-hydroxylation sites is 2. The lowest BCUT2D eigenvalue weighted by Gasteiger charge is -2.13. The van der Waals surface area contributed by atoms with E-state index in [9.17, 15) is 0 Å². The van der Waals surface area contributed by atoms with Gasteiger partial charge in [-0.05, 0) is 65.1 Å². The lowest BCUT2D eigenvalue weighted by atomic mass is 9.91. The number of aromatic nitrogens is 1. The first-order chi connectivity index (χ1) is 15.8. The van der Waals surface area contributed by atoms with Crippen molar-refractivity contribution < 1.29 is 0 Å². The van der Waals surface area contributed by atoms with Gasteiger partial charge in [-0.3, -0.25) is 0 Å². The van der Waals surface area contributed by atoms with E-state index in [-0.39, 0.29) is 0 Å². The Balaban J connectivity index is 1.62. The first-order valence-electron chi connectivity index (χ1n) is 11.1. The second-order valence-corrected chi connectivity index (χ2v) is 8.28. The van der Waals surface area contributed by atoms with Gasteiger partial charge in [-0.15, -0.1) is 0 Å². The van der Waals surface area contributed by atoms with Gasteiger partial charge in [0.15, 0.2) is 0 Å². The molecule has 152 valence electrons. The Bertz CT molecular complexity index is 1570. The van der Waals surface area contributed by atoms with Gasteiger partial charge in [0.25, 0.3) is 0 Å². The minimum absolute atomic E-state index is 1.19. The second-order valence-electron chi connectivity index (χ2n) is 8.28. The summed E-state index contributed by atoms with van der Waals surface area (Å²) in [5.74, 6) is 0. The molecular weight excluding hydrogens is 386 g/mol. The number of hydrogen-bond donors (Lipinski definition) is 0. The van der Waals surface area contributed by atoms with Gasteiger partial charge in [0.2, 0.25) is 0 Å². The first-order valence-corrected chi connectivity index (χ1v) is 11.1. The summed E-state index contributed by atoms with van der Waals surface area (Å²) in [5.41, 5.74) is 10.0. The average molecular weight is 410 g/mol. The Morgan fingerprint density at radius 2 is 1.09 bits per heavy atom. The molecule has 32 heavy (non-hydrogen) atoms. The molecule has 1 nitrogen and oxygen atoms in total. The molecular formula is C31H23N. The predicted molar refractivity (Wildman–Crippen MR) is 136 cm³/mol. The highest BCUT2D eigenvalue weighted by molar-refractivity contribution is 6.10. The summed E-state index contributed by atoms with van der Waals surface area (Å²) in [4.78, 5) is 0. The average Bonchev–Trinajstić information content (AvgIpc) is 3.19. The zero-order valence-electron chi connectivity index (χ0n) is 18.0.